The van der Waals surface area contributed by atoms with Gasteiger partial charge in [-0.25, -0.2) is 0 Å². The standard InChI is InChI=1S/C21H25N3O2/c1-13-11-14(2)18(15(3)12-13)24-9-5-7-16-19(23(4)22-21(16)24)20(25)17-8-6-10-26-17/h6,8,10-12,20,25H,5,7,9H2,1-4H3. The maximum absolute atomic E-state index is 10.8. The molecule has 1 N–H and O–H groups in total. The Balaban J connectivity index is 1.83. The number of aromatic nitrogens is 2. The predicted molar refractivity (Wildman–Crippen MR) is 102 cm³/mol. The first-order chi connectivity index (χ1) is 12.5. The van der Waals surface area contributed by atoms with Gasteiger partial charge in [0.25, 0.3) is 0 Å². The summed E-state index contributed by atoms with van der Waals surface area (Å²) in [7, 11) is 1.90. The van der Waals surface area contributed by atoms with Crippen LogP contribution >= 0.6 is 0 Å². The molecule has 0 aliphatic carbocycles. The molecule has 1 aliphatic rings. The smallest absolute Gasteiger partial charge is 0.158 e. The molecule has 3 aromatic rings. The molecule has 0 fully saturated rings. The monoisotopic (exact) mass is 351 g/mol. The molecule has 0 spiro atoms. The zero-order chi connectivity index (χ0) is 18.4. The van der Waals surface area contributed by atoms with Gasteiger partial charge in [-0.3, -0.25) is 4.68 Å². The molecule has 1 atom stereocenters. The Kier molecular flexibility index (Phi) is 4.11. The number of rotatable bonds is 3. The van der Waals surface area contributed by atoms with E-state index in [-0.39, 0.29) is 0 Å². The Hall–Kier alpha value is -2.53. The van der Waals surface area contributed by atoms with E-state index in [1.165, 1.54) is 22.4 Å². The zero-order valence-corrected chi connectivity index (χ0v) is 15.8. The van der Waals surface area contributed by atoms with Gasteiger partial charge in [0, 0.05) is 24.8 Å². The van der Waals surface area contributed by atoms with E-state index in [1.54, 1.807) is 23.1 Å². The van der Waals surface area contributed by atoms with E-state index in [1.807, 2.05) is 7.05 Å². The number of nitrogens with zero attached hydrogens (tertiary/aromatic N) is 3. The first-order valence-electron chi connectivity index (χ1n) is 9.10. The minimum absolute atomic E-state index is 0.552. The number of benzene rings is 1. The summed E-state index contributed by atoms with van der Waals surface area (Å²) in [6.45, 7) is 7.38. The van der Waals surface area contributed by atoms with E-state index in [0.717, 1.165) is 36.5 Å². The van der Waals surface area contributed by atoms with E-state index < -0.39 is 6.10 Å². The van der Waals surface area contributed by atoms with Crippen molar-refractivity contribution < 1.29 is 9.52 Å². The van der Waals surface area contributed by atoms with Crippen molar-refractivity contribution in [1.82, 2.24) is 9.78 Å². The highest BCUT2D eigenvalue weighted by Crippen LogP contribution is 2.40. The highest BCUT2D eigenvalue weighted by Gasteiger charge is 2.31. The quantitative estimate of drug-likeness (QED) is 0.772. The number of aliphatic hydroxyl groups is 1. The number of hydrogen-bond donors (Lipinski definition) is 1. The van der Waals surface area contributed by atoms with Crippen LogP contribution in [-0.2, 0) is 13.5 Å². The maximum Gasteiger partial charge on any atom is 0.158 e. The average Bonchev–Trinajstić information content (AvgIpc) is 3.21. The fraction of sp³-hybridized carbons (Fsp3) is 0.381. The summed E-state index contributed by atoms with van der Waals surface area (Å²) < 4.78 is 7.22. The molecule has 0 radical (unpaired) electrons. The fourth-order valence-corrected chi connectivity index (χ4v) is 4.28. The number of anilines is 2. The summed E-state index contributed by atoms with van der Waals surface area (Å²) in [6, 6.07) is 8.04. The fourth-order valence-electron chi connectivity index (χ4n) is 4.28. The first kappa shape index (κ1) is 16.9. The summed E-state index contributed by atoms with van der Waals surface area (Å²) in [6.07, 6.45) is 2.73. The van der Waals surface area contributed by atoms with Crippen LogP contribution in [0.5, 0.6) is 0 Å². The zero-order valence-electron chi connectivity index (χ0n) is 15.8. The Bertz CT molecular complexity index is 918. The van der Waals surface area contributed by atoms with Gasteiger partial charge in [0.05, 0.1) is 12.0 Å². The molecule has 3 heterocycles. The topological polar surface area (TPSA) is 54.4 Å². The van der Waals surface area contributed by atoms with Crippen LogP contribution in [0, 0.1) is 20.8 Å². The first-order valence-corrected chi connectivity index (χ1v) is 9.10. The van der Waals surface area contributed by atoms with Gasteiger partial charge in [0.1, 0.15) is 5.76 Å². The van der Waals surface area contributed by atoms with Gasteiger partial charge in [0.15, 0.2) is 11.9 Å². The van der Waals surface area contributed by atoms with Crippen molar-refractivity contribution in [3.05, 3.63) is 64.2 Å². The number of aryl methyl sites for hydroxylation is 4. The van der Waals surface area contributed by atoms with Gasteiger partial charge < -0.3 is 14.4 Å². The molecule has 0 saturated heterocycles. The van der Waals surface area contributed by atoms with Gasteiger partial charge in [-0.05, 0) is 56.9 Å². The van der Waals surface area contributed by atoms with Gasteiger partial charge in [-0.1, -0.05) is 17.7 Å². The summed E-state index contributed by atoms with van der Waals surface area (Å²) >= 11 is 0. The molecule has 5 nitrogen and oxygen atoms in total. The minimum atomic E-state index is -0.800. The lowest BCUT2D eigenvalue weighted by Gasteiger charge is -2.31. The number of fused-ring (bicyclic) bond motifs is 1. The van der Waals surface area contributed by atoms with E-state index in [2.05, 4.69) is 37.8 Å². The van der Waals surface area contributed by atoms with Crippen molar-refractivity contribution in [3.8, 4) is 0 Å². The summed E-state index contributed by atoms with van der Waals surface area (Å²) in [5, 5.41) is 15.6. The predicted octanol–water partition coefficient (Wildman–Crippen LogP) is 4.10. The second kappa shape index (κ2) is 6.32. The molecule has 1 aromatic carbocycles. The van der Waals surface area contributed by atoms with E-state index >= 15 is 0 Å². The summed E-state index contributed by atoms with van der Waals surface area (Å²) in [5.74, 6) is 1.50. The van der Waals surface area contributed by atoms with E-state index in [4.69, 9.17) is 9.52 Å². The Labute approximate surface area is 153 Å². The molecule has 2 aromatic heterocycles. The number of furan rings is 1. The lowest BCUT2D eigenvalue weighted by Crippen LogP contribution is -2.26. The third-order valence-corrected chi connectivity index (χ3v) is 5.21. The van der Waals surface area contributed by atoms with Crippen molar-refractivity contribution in [3.63, 3.8) is 0 Å². The normalized spacial score (nSPS) is 15.2. The van der Waals surface area contributed by atoms with Gasteiger partial charge in [-0.2, -0.15) is 5.10 Å². The molecule has 0 bridgehead atoms. The van der Waals surface area contributed by atoms with Crippen LogP contribution in [0.3, 0.4) is 0 Å². The third kappa shape index (κ3) is 2.63. The molecule has 5 heteroatoms. The van der Waals surface area contributed by atoms with Crippen LogP contribution in [0.15, 0.2) is 34.9 Å². The van der Waals surface area contributed by atoms with Crippen LogP contribution in [0.4, 0.5) is 11.5 Å². The van der Waals surface area contributed by atoms with Crippen molar-refractivity contribution in [2.45, 2.75) is 39.7 Å². The average molecular weight is 351 g/mol. The second-order valence-corrected chi connectivity index (χ2v) is 7.23. The van der Waals surface area contributed by atoms with Crippen molar-refractivity contribution in [2.75, 3.05) is 11.4 Å². The van der Waals surface area contributed by atoms with Gasteiger partial charge in [-0.15, -0.1) is 0 Å². The lowest BCUT2D eigenvalue weighted by molar-refractivity contribution is 0.179. The number of hydrogen-bond acceptors (Lipinski definition) is 4. The molecule has 26 heavy (non-hydrogen) atoms. The number of aliphatic hydroxyl groups excluding tert-OH is 1. The van der Waals surface area contributed by atoms with Crippen molar-refractivity contribution in [1.29, 1.82) is 0 Å². The van der Waals surface area contributed by atoms with Crippen molar-refractivity contribution in [2.24, 2.45) is 7.05 Å². The van der Waals surface area contributed by atoms with Crippen molar-refractivity contribution >= 4 is 11.5 Å². The molecule has 1 unspecified atom stereocenters. The van der Waals surface area contributed by atoms with Crippen LogP contribution in [-0.4, -0.2) is 21.4 Å². The third-order valence-electron chi connectivity index (χ3n) is 5.21. The van der Waals surface area contributed by atoms with Crippen LogP contribution < -0.4 is 4.90 Å². The molecular formula is C21H25N3O2. The highest BCUT2D eigenvalue weighted by atomic mass is 16.4. The molecule has 4 rings (SSSR count). The molecule has 1 aliphatic heterocycles. The Morgan fingerprint density at radius 3 is 2.58 bits per heavy atom. The molecule has 0 saturated carbocycles. The molecule has 0 amide bonds. The molecular weight excluding hydrogens is 326 g/mol. The lowest BCUT2D eigenvalue weighted by atomic mass is 9.98. The summed E-state index contributed by atoms with van der Waals surface area (Å²) in [5.41, 5.74) is 6.96. The second-order valence-electron chi connectivity index (χ2n) is 7.23. The van der Waals surface area contributed by atoms with E-state index in [0.29, 0.717) is 5.76 Å². The van der Waals surface area contributed by atoms with Crippen LogP contribution in [0.1, 0.15) is 46.2 Å². The van der Waals surface area contributed by atoms with Crippen LogP contribution in [0.2, 0.25) is 0 Å². The summed E-state index contributed by atoms with van der Waals surface area (Å²) in [4.78, 5) is 2.31. The van der Waals surface area contributed by atoms with E-state index in [9.17, 15) is 5.11 Å². The largest absolute Gasteiger partial charge is 0.466 e. The SMILES string of the molecule is Cc1cc(C)c(N2CCCc3c2nn(C)c3C(O)c2ccco2)c(C)c1. The highest BCUT2D eigenvalue weighted by molar-refractivity contribution is 5.71. The Morgan fingerprint density at radius 1 is 1.19 bits per heavy atom. The maximum atomic E-state index is 10.8. The van der Waals surface area contributed by atoms with Gasteiger partial charge >= 0.3 is 0 Å². The Morgan fingerprint density at radius 2 is 1.92 bits per heavy atom. The van der Waals surface area contributed by atoms with Crippen LogP contribution in [0.25, 0.3) is 0 Å². The van der Waals surface area contributed by atoms with Gasteiger partial charge in [0.2, 0.25) is 0 Å². The minimum Gasteiger partial charge on any atom is -0.466 e. The molecule has 136 valence electrons.